The number of benzene rings is 2. The van der Waals surface area contributed by atoms with Gasteiger partial charge in [-0.1, -0.05) is 47.5 Å². The van der Waals surface area contributed by atoms with Crippen molar-refractivity contribution in [2.24, 2.45) is 0 Å². The summed E-state index contributed by atoms with van der Waals surface area (Å²) in [6.45, 7) is 6.91. The van der Waals surface area contributed by atoms with Gasteiger partial charge in [-0.15, -0.1) is 0 Å². The van der Waals surface area contributed by atoms with Crippen LogP contribution in [0.2, 0.25) is 0 Å². The highest BCUT2D eigenvalue weighted by Gasteiger charge is 2.26. The van der Waals surface area contributed by atoms with Gasteiger partial charge in [0.1, 0.15) is 5.75 Å². The zero-order valence-corrected chi connectivity index (χ0v) is 19.8. The Balaban J connectivity index is 1.42. The zero-order valence-electron chi connectivity index (χ0n) is 19.8. The van der Waals surface area contributed by atoms with Crippen LogP contribution < -0.4 is 0 Å². The lowest BCUT2D eigenvalue weighted by atomic mass is 9.88. The molecule has 1 saturated heterocycles. The van der Waals surface area contributed by atoms with E-state index in [9.17, 15) is 5.11 Å². The Morgan fingerprint density at radius 3 is 2.44 bits per heavy atom. The first-order chi connectivity index (χ1) is 16.6. The van der Waals surface area contributed by atoms with E-state index in [1.54, 1.807) is 18.5 Å². The predicted molar refractivity (Wildman–Crippen MR) is 136 cm³/mol. The maximum atomic E-state index is 10.3. The van der Waals surface area contributed by atoms with Crippen LogP contribution in [0.5, 0.6) is 5.75 Å². The average molecular weight is 451 g/mol. The number of likely N-dealkylation sites (tertiary alicyclic amines) is 1. The SMILES string of the molecule is Cc1cccc(-c2cnc(-c3ccncc3)nc2C2CCN(Cc3cc(C)ccc3O)CC2)c1. The molecule has 1 fully saturated rings. The summed E-state index contributed by atoms with van der Waals surface area (Å²) >= 11 is 0. The summed E-state index contributed by atoms with van der Waals surface area (Å²) < 4.78 is 0. The Morgan fingerprint density at radius 1 is 0.912 bits per heavy atom. The normalized spacial score (nSPS) is 14.9. The molecular formula is C29H30N4O. The quantitative estimate of drug-likeness (QED) is 0.410. The molecule has 34 heavy (non-hydrogen) atoms. The van der Waals surface area contributed by atoms with Gasteiger partial charge in [0, 0.05) is 47.7 Å². The van der Waals surface area contributed by atoms with E-state index in [1.807, 2.05) is 24.4 Å². The van der Waals surface area contributed by atoms with Crippen molar-refractivity contribution in [2.75, 3.05) is 13.1 Å². The smallest absolute Gasteiger partial charge is 0.159 e. The largest absolute Gasteiger partial charge is 0.508 e. The van der Waals surface area contributed by atoms with Crippen molar-refractivity contribution in [3.8, 4) is 28.3 Å². The zero-order chi connectivity index (χ0) is 23.5. The van der Waals surface area contributed by atoms with Crippen LogP contribution in [0.4, 0.5) is 0 Å². The first-order valence-corrected chi connectivity index (χ1v) is 11.9. The molecule has 0 bridgehead atoms. The van der Waals surface area contributed by atoms with Crippen molar-refractivity contribution in [1.29, 1.82) is 0 Å². The Kier molecular flexibility index (Phi) is 6.37. The summed E-state index contributed by atoms with van der Waals surface area (Å²) in [4.78, 5) is 16.4. The molecule has 1 N–H and O–H groups in total. The van der Waals surface area contributed by atoms with Crippen molar-refractivity contribution < 1.29 is 5.11 Å². The molecule has 2 aromatic heterocycles. The van der Waals surface area contributed by atoms with Gasteiger partial charge in [0.15, 0.2) is 5.82 Å². The molecule has 0 atom stereocenters. The summed E-state index contributed by atoms with van der Waals surface area (Å²) in [7, 11) is 0. The molecule has 5 rings (SSSR count). The third kappa shape index (κ3) is 4.85. The number of aromatic nitrogens is 3. The number of aryl methyl sites for hydroxylation is 2. The molecule has 0 radical (unpaired) electrons. The molecule has 0 amide bonds. The number of hydrogen-bond acceptors (Lipinski definition) is 5. The van der Waals surface area contributed by atoms with Crippen molar-refractivity contribution in [3.63, 3.8) is 0 Å². The van der Waals surface area contributed by atoms with Gasteiger partial charge < -0.3 is 5.11 Å². The fourth-order valence-corrected chi connectivity index (χ4v) is 4.83. The molecule has 0 spiro atoms. The summed E-state index contributed by atoms with van der Waals surface area (Å²) in [5.41, 5.74) is 7.81. The van der Waals surface area contributed by atoms with Gasteiger partial charge in [0.2, 0.25) is 0 Å². The Labute approximate surface area is 201 Å². The van der Waals surface area contributed by atoms with Crippen molar-refractivity contribution in [2.45, 2.75) is 39.2 Å². The van der Waals surface area contributed by atoms with Crippen LogP contribution in [0.15, 0.2) is 73.2 Å². The first-order valence-electron chi connectivity index (χ1n) is 11.9. The van der Waals surface area contributed by atoms with Crippen LogP contribution in [0.3, 0.4) is 0 Å². The lowest BCUT2D eigenvalue weighted by Crippen LogP contribution is -2.33. The summed E-state index contributed by atoms with van der Waals surface area (Å²) in [5.74, 6) is 1.50. The van der Waals surface area contributed by atoms with Gasteiger partial charge in [-0.05, 0) is 63.5 Å². The fraction of sp³-hybridized carbons (Fsp3) is 0.276. The Bertz CT molecular complexity index is 1280. The van der Waals surface area contributed by atoms with Crippen LogP contribution >= 0.6 is 0 Å². The van der Waals surface area contributed by atoms with Gasteiger partial charge in [-0.3, -0.25) is 9.88 Å². The van der Waals surface area contributed by atoms with Crippen molar-refractivity contribution in [1.82, 2.24) is 19.9 Å². The number of hydrogen-bond donors (Lipinski definition) is 1. The predicted octanol–water partition coefficient (Wildman–Crippen LogP) is 5.91. The molecule has 0 saturated carbocycles. The highest BCUT2D eigenvalue weighted by molar-refractivity contribution is 5.68. The van der Waals surface area contributed by atoms with E-state index >= 15 is 0 Å². The number of rotatable bonds is 5. The molecule has 3 heterocycles. The van der Waals surface area contributed by atoms with Gasteiger partial charge >= 0.3 is 0 Å². The minimum Gasteiger partial charge on any atom is -0.508 e. The number of nitrogens with zero attached hydrogens (tertiary/aromatic N) is 4. The van der Waals surface area contributed by atoms with E-state index in [-0.39, 0.29) is 0 Å². The molecule has 4 aromatic rings. The van der Waals surface area contributed by atoms with E-state index in [2.05, 4.69) is 54.1 Å². The average Bonchev–Trinajstić information content (AvgIpc) is 2.87. The van der Waals surface area contributed by atoms with Crippen LogP contribution in [0.25, 0.3) is 22.5 Å². The van der Waals surface area contributed by atoms with E-state index in [0.717, 1.165) is 60.7 Å². The lowest BCUT2D eigenvalue weighted by molar-refractivity contribution is 0.201. The number of piperidine rings is 1. The Morgan fingerprint density at radius 2 is 1.68 bits per heavy atom. The molecular weight excluding hydrogens is 420 g/mol. The van der Waals surface area contributed by atoms with E-state index in [4.69, 9.17) is 9.97 Å². The maximum absolute atomic E-state index is 10.3. The molecule has 1 aliphatic rings. The second kappa shape index (κ2) is 9.74. The van der Waals surface area contributed by atoms with Crippen molar-refractivity contribution in [3.05, 3.63) is 95.6 Å². The van der Waals surface area contributed by atoms with Gasteiger partial charge in [-0.25, -0.2) is 9.97 Å². The van der Waals surface area contributed by atoms with Gasteiger partial charge in [0.05, 0.1) is 5.69 Å². The summed E-state index contributed by atoms with van der Waals surface area (Å²) in [6.07, 6.45) is 7.61. The molecule has 0 unspecified atom stereocenters. The minimum atomic E-state index is 0.362. The molecule has 2 aromatic carbocycles. The summed E-state index contributed by atoms with van der Waals surface area (Å²) in [5, 5.41) is 10.3. The lowest BCUT2D eigenvalue weighted by Gasteiger charge is -2.32. The van der Waals surface area contributed by atoms with Crippen LogP contribution in [-0.4, -0.2) is 38.0 Å². The van der Waals surface area contributed by atoms with E-state index in [0.29, 0.717) is 11.7 Å². The maximum Gasteiger partial charge on any atom is 0.159 e. The van der Waals surface area contributed by atoms with E-state index in [1.165, 1.54) is 16.7 Å². The molecule has 5 heteroatoms. The molecule has 5 nitrogen and oxygen atoms in total. The molecule has 0 aliphatic carbocycles. The Hall–Kier alpha value is -3.57. The number of pyridine rings is 1. The fourth-order valence-electron chi connectivity index (χ4n) is 4.83. The van der Waals surface area contributed by atoms with E-state index < -0.39 is 0 Å². The topological polar surface area (TPSA) is 62.1 Å². The molecule has 172 valence electrons. The standard InChI is InChI=1S/C29H30N4O/c1-20-4-3-5-24(16-20)26-18-31-29(23-8-12-30-13-9-23)32-28(26)22-10-14-33(15-11-22)19-25-17-21(2)6-7-27(25)34/h3-9,12-13,16-18,22,34H,10-11,14-15,19H2,1-2H3. The number of phenolic OH excluding ortho intramolecular Hbond substituents is 1. The number of phenols is 1. The second-order valence-electron chi connectivity index (χ2n) is 9.28. The first kappa shape index (κ1) is 22.2. The van der Waals surface area contributed by atoms with Crippen molar-refractivity contribution >= 4 is 0 Å². The van der Waals surface area contributed by atoms with Crippen LogP contribution in [-0.2, 0) is 6.54 Å². The third-order valence-corrected chi connectivity index (χ3v) is 6.69. The highest BCUT2D eigenvalue weighted by Crippen LogP contribution is 2.36. The molecule has 1 aliphatic heterocycles. The van der Waals surface area contributed by atoms with Crippen LogP contribution in [0, 0.1) is 13.8 Å². The monoisotopic (exact) mass is 450 g/mol. The minimum absolute atomic E-state index is 0.362. The van der Waals surface area contributed by atoms with Gasteiger partial charge in [0.25, 0.3) is 0 Å². The summed E-state index contributed by atoms with van der Waals surface area (Å²) in [6, 6.07) is 18.3. The second-order valence-corrected chi connectivity index (χ2v) is 9.28. The third-order valence-electron chi connectivity index (χ3n) is 6.69. The highest BCUT2D eigenvalue weighted by atomic mass is 16.3. The van der Waals surface area contributed by atoms with Gasteiger partial charge in [-0.2, -0.15) is 0 Å². The number of aromatic hydroxyl groups is 1. The van der Waals surface area contributed by atoms with Crippen LogP contribution in [0.1, 0.15) is 41.1 Å².